The van der Waals surface area contributed by atoms with Crippen molar-refractivity contribution < 1.29 is 14.0 Å². The number of hydrogen-bond acceptors (Lipinski definition) is 3. The highest BCUT2D eigenvalue weighted by atomic mass is 35.5. The van der Waals surface area contributed by atoms with Gasteiger partial charge < -0.3 is 14.3 Å². The molecule has 0 bridgehead atoms. The van der Waals surface area contributed by atoms with E-state index < -0.39 is 5.54 Å². The second kappa shape index (κ2) is 7.69. The van der Waals surface area contributed by atoms with E-state index in [9.17, 15) is 9.59 Å². The maximum Gasteiger partial charge on any atom is 0.276 e. The van der Waals surface area contributed by atoms with Crippen LogP contribution in [0.1, 0.15) is 55.6 Å². The van der Waals surface area contributed by atoms with Crippen LogP contribution in [0.25, 0.3) is 11.1 Å². The molecule has 7 heteroatoms. The number of carbonyl (C=O) groups is 2. The molecule has 0 saturated heterocycles. The first kappa shape index (κ1) is 21.1. The molecule has 2 amide bonds. The van der Waals surface area contributed by atoms with Crippen LogP contribution in [-0.2, 0) is 11.3 Å². The standard InChI is InChI=1S/C25H28ClN3O3/c1-15-7-4-5-9-18(15)27-24(31)25(3)14-28-20-11-12-32-22(20)13-21(28)23(30)29(25)19-10-6-8-17(26)16(19)2/h6,8,10-13,15,18H,4-5,7,9,14H2,1-3H3,(H,27,31). The van der Waals surface area contributed by atoms with Crippen molar-refractivity contribution >= 4 is 40.2 Å². The van der Waals surface area contributed by atoms with E-state index in [2.05, 4.69) is 12.2 Å². The Hall–Kier alpha value is -2.73. The van der Waals surface area contributed by atoms with Crippen molar-refractivity contribution in [1.29, 1.82) is 0 Å². The zero-order valence-electron chi connectivity index (χ0n) is 18.7. The van der Waals surface area contributed by atoms with Crippen molar-refractivity contribution in [2.24, 2.45) is 5.92 Å². The highest BCUT2D eigenvalue weighted by molar-refractivity contribution is 6.32. The fourth-order valence-corrected chi connectivity index (χ4v) is 5.45. The summed E-state index contributed by atoms with van der Waals surface area (Å²) in [4.78, 5) is 29.4. The molecule has 3 unspecified atom stereocenters. The molecule has 3 heterocycles. The van der Waals surface area contributed by atoms with Crippen molar-refractivity contribution in [3.05, 3.63) is 52.9 Å². The summed E-state index contributed by atoms with van der Waals surface area (Å²) in [6.45, 7) is 6.25. The van der Waals surface area contributed by atoms with E-state index in [1.54, 1.807) is 23.3 Å². The van der Waals surface area contributed by atoms with E-state index in [4.69, 9.17) is 16.0 Å². The third-order valence-electron chi connectivity index (χ3n) is 7.30. The molecule has 6 nitrogen and oxygen atoms in total. The summed E-state index contributed by atoms with van der Waals surface area (Å²) < 4.78 is 7.46. The quantitative estimate of drug-likeness (QED) is 0.584. The van der Waals surface area contributed by atoms with Crippen LogP contribution >= 0.6 is 11.6 Å². The number of fused-ring (bicyclic) bond motifs is 3. The van der Waals surface area contributed by atoms with Gasteiger partial charge in [0.25, 0.3) is 5.91 Å². The molecule has 1 aliphatic carbocycles. The molecule has 3 atom stereocenters. The molecule has 1 saturated carbocycles. The lowest BCUT2D eigenvalue weighted by molar-refractivity contribution is -0.127. The maximum atomic E-state index is 13.9. The number of benzene rings is 1. The number of nitrogens with zero attached hydrogens (tertiary/aromatic N) is 2. The predicted molar refractivity (Wildman–Crippen MR) is 125 cm³/mol. The van der Waals surface area contributed by atoms with Crippen LogP contribution in [0, 0.1) is 12.8 Å². The number of hydrogen-bond donors (Lipinski definition) is 1. The van der Waals surface area contributed by atoms with Gasteiger partial charge in [0.1, 0.15) is 11.2 Å². The van der Waals surface area contributed by atoms with E-state index in [0.717, 1.165) is 30.3 Å². The lowest BCUT2D eigenvalue weighted by atomic mass is 9.84. The van der Waals surface area contributed by atoms with Gasteiger partial charge in [-0.25, -0.2) is 0 Å². The average Bonchev–Trinajstić information content (AvgIpc) is 3.35. The molecule has 5 rings (SSSR count). The van der Waals surface area contributed by atoms with Gasteiger partial charge in [0.15, 0.2) is 5.58 Å². The fourth-order valence-electron chi connectivity index (χ4n) is 5.28. The van der Waals surface area contributed by atoms with Crippen molar-refractivity contribution in [3.8, 4) is 0 Å². The first-order valence-corrected chi connectivity index (χ1v) is 11.7. The summed E-state index contributed by atoms with van der Waals surface area (Å²) in [6.07, 6.45) is 5.99. The van der Waals surface area contributed by atoms with E-state index in [1.165, 1.54) is 6.42 Å². The molecule has 3 aromatic rings. The Morgan fingerprint density at radius 2 is 2.03 bits per heavy atom. The number of nitrogens with one attached hydrogen (secondary N) is 1. The van der Waals surface area contributed by atoms with E-state index in [1.807, 2.05) is 36.6 Å². The van der Waals surface area contributed by atoms with Crippen LogP contribution in [0.2, 0.25) is 5.02 Å². The average molecular weight is 454 g/mol. The van der Waals surface area contributed by atoms with Crippen LogP contribution in [-0.4, -0.2) is 28.0 Å². The van der Waals surface area contributed by atoms with Gasteiger partial charge in [0.05, 0.1) is 18.3 Å². The van der Waals surface area contributed by atoms with Crippen molar-refractivity contribution in [2.45, 2.75) is 64.6 Å². The highest BCUT2D eigenvalue weighted by Crippen LogP contribution is 2.39. The van der Waals surface area contributed by atoms with Crippen molar-refractivity contribution in [3.63, 3.8) is 0 Å². The Morgan fingerprint density at radius 1 is 1.25 bits per heavy atom. The van der Waals surface area contributed by atoms with Crippen molar-refractivity contribution in [1.82, 2.24) is 9.88 Å². The summed E-state index contributed by atoms with van der Waals surface area (Å²) >= 11 is 6.42. The lowest BCUT2D eigenvalue weighted by Crippen LogP contribution is -2.66. The van der Waals surface area contributed by atoms with Gasteiger partial charge in [-0.1, -0.05) is 37.4 Å². The molecule has 0 radical (unpaired) electrons. The summed E-state index contributed by atoms with van der Waals surface area (Å²) in [5.74, 6) is 0.0435. The van der Waals surface area contributed by atoms with E-state index >= 15 is 0 Å². The van der Waals surface area contributed by atoms with Gasteiger partial charge in [-0.15, -0.1) is 0 Å². The number of rotatable bonds is 3. The van der Waals surface area contributed by atoms with E-state index in [-0.39, 0.29) is 17.9 Å². The third kappa shape index (κ3) is 3.15. The molecule has 1 aliphatic heterocycles. The molecule has 0 spiro atoms. The first-order chi connectivity index (χ1) is 15.3. The summed E-state index contributed by atoms with van der Waals surface area (Å²) in [5.41, 5.74) is 2.27. The zero-order chi connectivity index (χ0) is 22.6. The Labute approximate surface area is 192 Å². The molecule has 1 aromatic carbocycles. The molecule has 168 valence electrons. The van der Waals surface area contributed by atoms with Crippen LogP contribution in [0.15, 0.2) is 41.0 Å². The van der Waals surface area contributed by atoms with Crippen LogP contribution < -0.4 is 10.2 Å². The van der Waals surface area contributed by atoms with Gasteiger partial charge in [-0.05, 0) is 50.3 Å². The van der Waals surface area contributed by atoms with Gasteiger partial charge in [-0.3, -0.25) is 14.5 Å². The Balaban J connectivity index is 1.63. The summed E-state index contributed by atoms with van der Waals surface area (Å²) in [7, 11) is 0. The second-order valence-corrected chi connectivity index (χ2v) is 9.83. The summed E-state index contributed by atoms with van der Waals surface area (Å²) in [6, 6.07) is 9.19. The minimum Gasteiger partial charge on any atom is -0.463 e. The number of amides is 2. The Bertz CT molecular complexity index is 1210. The largest absolute Gasteiger partial charge is 0.463 e. The van der Waals surface area contributed by atoms with Gasteiger partial charge in [0, 0.05) is 28.9 Å². The number of anilines is 1. The topological polar surface area (TPSA) is 67.5 Å². The minimum atomic E-state index is -1.13. The molecule has 1 N–H and O–H groups in total. The molecular weight excluding hydrogens is 426 g/mol. The Morgan fingerprint density at radius 3 is 2.81 bits per heavy atom. The van der Waals surface area contributed by atoms with Gasteiger partial charge in [0.2, 0.25) is 5.91 Å². The first-order valence-electron chi connectivity index (χ1n) is 11.3. The van der Waals surface area contributed by atoms with Crippen LogP contribution in [0.3, 0.4) is 0 Å². The lowest BCUT2D eigenvalue weighted by Gasteiger charge is -2.45. The normalized spacial score (nSPS) is 25.8. The van der Waals surface area contributed by atoms with Gasteiger partial charge >= 0.3 is 0 Å². The van der Waals surface area contributed by atoms with Crippen LogP contribution in [0.4, 0.5) is 5.69 Å². The second-order valence-electron chi connectivity index (χ2n) is 9.43. The van der Waals surface area contributed by atoms with Crippen LogP contribution in [0.5, 0.6) is 0 Å². The number of halogens is 1. The molecular formula is C25H28ClN3O3. The van der Waals surface area contributed by atoms with Gasteiger partial charge in [-0.2, -0.15) is 0 Å². The minimum absolute atomic E-state index is 0.116. The predicted octanol–water partition coefficient (Wildman–Crippen LogP) is 5.31. The monoisotopic (exact) mass is 453 g/mol. The molecule has 1 fully saturated rings. The summed E-state index contributed by atoms with van der Waals surface area (Å²) in [5, 5.41) is 3.86. The SMILES string of the molecule is Cc1c(Cl)cccc1N1C(=O)c2cc3occc3n2CC1(C)C(=O)NC1CCCCC1C. The Kier molecular flexibility index (Phi) is 5.08. The number of aromatic nitrogens is 1. The third-order valence-corrected chi connectivity index (χ3v) is 7.71. The fraction of sp³-hybridized carbons (Fsp3) is 0.440. The highest BCUT2D eigenvalue weighted by Gasteiger charge is 2.50. The number of furan rings is 1. The number of carbonyl (C=O) groups excluding carboxylic acids is 2. The maximum absolute atomic E-state index is 13.9. The zero-order valence-corrected chi connectivity index (χ0v) is 19.4. The van der Waals surface area contributed by atoms with Crippen molar-refractivity contribution in [2.75, 3.05) is 4.90 Å². The molecule has 2 aliphatic rings. The van der Waals surface area contributed by atoms with E-state index in [0.29, 0.717) is 34.4 Å². The molecule has 32 heavy (non-hydrogen) atoms. The smallest absolute Gasteiger partial charge is 0.276 e. The molecule has 2 aromatic heterocycles.